The number of hydrogen-bond acceptors (Lipinski definition) is 3. The number of hydrogen-bond donors (Lipinski definition) is 1. The normalized spacial score (nSPS) is 15.7. The van der Waals surface area contributed by atoms with E-state index >= 15 is 0 Å². The quantitative estimate of drug-likeness (QED) is 0.525. The Morgan fingerprint density at radius 3 is 2.33 bits per heavy atom. The molecule has 0 bridgehead atoms. The molecule has 0 unspecified atom stereocenters. The molecule has 3 aromatic rings. The Morgan fingerprint density at radius 2 is 1.64 bits per heavy atom. The summed E-state index contributed by atoms with van der Waals surface area (Å²) in [6.45, 7) is 3.89. The van der Waals surface area contributed by atoms with Crippen LogP contribution >= 0.6 is 0 Å². The van der Waals surface area contributed by atoms with Crippen LogP contribution in [0.15, 0.2) is 83.8 Å². The van der Waals surface area contributed by atoms with E-state index in [1.807, 2.05) is 30.3 Å². The summed E-state index contributed by atoms with van der Waals surface area (Å²) in [7, 11) is -3.91. The fraction of sp³-hybridized carbons (Fsp3) is 0.296. The number of carbonyl (C=O) groups is 1. The van der Waals surface area contributed by atoms with E-state index in [1.54, 1.807) is 42.5 Å². The van der Waals surface area contributed by atoms with E-state index in [2.05, 4.69) is 25.2 Å². The monoisotopic (exact) mass is 462 g/mol. The van der Waals surface area contributed by atoms with Crippen LogP contribution in [0.5, 0.6) is 0 Å². The first-order chi connectivity index (χ1) is 15.9. The third kappa shape index (κ3) is 5.11. The number of amides is 1. The van der Waals surface area contributed by atoms with E-state index in [9.17, 15) is 13.2 Å². The molecule has 1 aliphatic rings. The number of benzene rings is 3. The Labute approximate surface area is 196 Å². The number of fused-ring (bicyclic) bond motifs is 1. The number of carbonyl (C=O) groups excluding carboxylic acids is 1. The Bertz CT molecular complexity index is 1210. The van der Waals surface area contributed by atoms with Crippen LogP contribution in [0.4, 0.5) is 5.69 Å². The van der Waals surface area contributed by atoms with E-state index < -0.39 is 10.0 Å². The second-order valence-corrected chi connectivity index (χ2v) is 10.6. The maximum atomic E-state index is 13.5. The van der Waals surface area contributed by atoms with Crippen molar-refractivity contribution in [2.45, 2.75) is 50.0 Å². The van der Waals surface area contributed by atoms with Crippen LogP contribution in [0.25, 0.3) is 0 Å². The first-order valence-electron chi connectivity index (χ1n) is 11.4. The lowest BCUT2D eigenvalue weighted by Crippen LogP contribution is -2.42. The predicted molar refractivity (Wildman–Crippen MR) is 132 cm³/mol. The molecule has 4 rings (SSSR count). The van der Waals surface area contributed by atoms with Crippen molar-refractivity contribution in [3.8, 4) is 0 Å². The Kier molecular flexibility index (Phi) is 6.84. The molecular formula is C27H30N2O3S. The second-order valence-electron chi connectivity index (χ2n) is 8.78. The van der Waals surface area contributed by atoms with Gasteiger partial charge in [0.05, 0.1) is 16.6 Å². The molecule has 0 aliphatic heterocycles. The minimum Gasteiger partial charge on any atom is -0.348 e. The van der Waals surface area contributed by atoms with Crippen molar-refractivity contribution in [2.24, 2.45) is 0 Å². The summed E-state index contributed by atoms with van der Waals surface area (Å²) in [6, 6.07) is 23.7. The molecule has 0 saturated carbocycles. The van der Waals surface area contributed by atoms with Gasteiger partial charge in [-0.25, -0.2) is 8.42 Å². The number of aryl methyl sites for hydroxylation is 1. The SMILES string of the molecule is CC(C)c1ccc(N(CC(=O)N[C@@H]2CCCc3ccccc32)S(=O)(=O)c2ccccc2)cc1. The summed E-state index contributed by atoms with van der Waals surface area (Å²) in [6.07, 6.45) is 2.83. The molecule has 0 spiro atoms. The van der Waals surface area contributed by atoms with Crippen LogP contribution < -0.4 is 9.62 Å². The van der Waals surface area contributed by atoms with Gasteiger partial charge >= 0.3 is 0 Å². The van der Waals surface area contributed by atoms with Gasteiger partial charge in [0.25, 0.3) is 10.0 Å². The summed E-state index contributed by atoms with van der Waals surface area (Å²) in [5, 5.41) is 3.08. The predicted octanol–water partition coefficient (Wildman–Crippen LogP) is 5.20. The third-order valence-electron chi connectivity index (χ3n) is 6.17. The molecule has 0 heterocycles. The van der Waals surface area contributed by atoms with Crippen LogP contribution in [-0.4, -0.2) is 20.9 Å². The molecule has 6 heteroatoms. The average Bonchev–Trinajstić information content (AvgIpc) is 2.83. The smallest absolute Gasteiger partial charge is 0.264 e. The number of nitrogens with zero attached hydrogens (tertiary/aromatic N) is 1. The van der Waals surface area contributed by atoms with Crippen LogP contribution in [0.1, 0.15) is 55.3 Å². The molecule has 1 atom stereocenters. The van der Waals surface area contributed by atoms with Gasteiger partial charge in [0.1, 0.15) is 6.54 Å². The number of rotatable bonds is 7. The number of nitrogens with one attached hydrogen (secondary N) is 1. The van der Waals surface area contributed by atoms with E-state index in [-0.39, 0.29) is 23.4 Å². The van der Waals surface area contributed by atoms with E-state index in [0.717, 1.165) is 30.4 Å². The minimum atomic E-state index is -3.91. The lowest BCUT2D eigenvalue weighted by atomic mass is 9.88. The molecular weight excluding hydrogens is 432 g/mol. The first kappa shape index (κ1) is 23.1. The van der Waals surface area contributed by atoms with Crippen LogP contribution in [0.2, 0.25) is 0 Å². The molecule has 0 saturated heterocycles. The topological polar surface area (TPSA) is 66.5 Å². The van der Waals surface area contributed by atoms with Crippen molar-refractivity contribution < 1.29 is 13.2 Å². The number of sulfonamides is 1. The van der Waals surface area contributed by atoms with Gasteiger partial charge in [0, 0.05) is 0 Å². The fourth-order valence-corrected chi connectivity index (χ4v) is 5.78. The molecule has 3 aromatic carbocycles. The largest absolute Gasteiger partial charge is 0.348 e. The summed E-state index contributed by atoms with van der Waals surface area (Å²) in [4.78, 5) is 13.3. The van der Waals surface area contributed by atoms with Crippen LogP contribution in [-0.2, 0) is 21.2 Å². The van der Waals surface area contributed by atoms with Gasteiger partial charge in [-0.15, -0.1) is 0 Å². The van der Waals surface area contributed by atoms with Gasteiger partial charge < -0.3 is 5.32 Å². The van der Waals surface area contributed by atoms with Crippen LogP contribution in [0.3, 0.4) is 0 Å². The lowest BCUT2D eigenvalue weighted by Gasteiger charge is -2.29. The van der Waals surface area contributed by atoms with Crippen molar-refractivity contribution in [2.75, 3.05) is 10.8 Å². The molecule has 172 valence electrons. The van der Waals surface area contributed by atoms with Crippen molar-refractivity contribution in [3.63, 3.8) is 0 Å². The van der Waals surface area contributed by atoms with Gasteiger partial charge in [-0.05, 0) is 66.1 Å². The highest BCUT2D eigenvalue weighted by Crippen LogP contribution is 2.30. The first-order valence-corrected chi connectivity index (χ1v) is 12.8. The zero-order valence-electron chi connectivity index (χ0n) is 19.1. The second kappa shape index (κ2) is 9.79. The highest BCUT2D eigenvalue weighted by molar-refractivity contribution is 7.92. The zero-order chi connectivity index (χ0) is 23.4. The van der Waals surface area contributed by atoms with Crippen LogP contribution in [0, 0.1) is 0 Å². The van der Waals surface area contributed by atoms with Gasteiger partial charge in [0.2, 0.25) is 5.91 Å². The number of anilines is 1. The summed E-state index contributed by atoms with van der Waals surface area (Å²) < 4.78 is 28.3. The molecule has 0 fully saturated rings. The lowest BCUT2D eigenvalue weighted by molar-refractivity contribution is -0.120. The molecule has 33 heavy (non-hydrogen) atoms. The molecule has 1 amide bonds. The molecule has 1 aliphatic carbocycles. The zero-order valence-corrected chi connectivity index (χ0v) is 19.9. The maximum Gasteiger partial charge on any atom is 0.264 e. The van der Waals surface area contributed by atoms with Gasteiger partial charge in [-0.2, -0.15) is 0 Å². The standard InChI is InChI=1S/C27H30N2O3S/c1-20(2)21-15-17-23(18-16-21)29(33(31,32)24-11-4-3-5-12-24)19-27(30)28-26-14-8-10-22-9-6-7-13-25(22)26/h3-7,9,11-13,15-18,20,26H,8,10,14,19H2,1-2H3,(H,28,30)/t26-/m1/s1. The average molecular weight is 463 g/mol. The molecule has 0 aromatic heterocycles. The third-order valence-corrected chi connectivity index (χ3v) is 7.96. The van der Waals surface area contributed by atoms with Crippen molar-refractivity contribution in [1.29, 1.82) is 0 Å². The fourth-order valence-electron chi connectivity index (χ4n) is 4.33. The Hall–Kier alpha value is -3.12. The Morgan fingerprint density at radius 1 is 0.970 bits per heavy atom. The summed E-state index contributed by atoms with van der Waals surface area (Å²) >= 11 is 0. The molecule has 5 nitrogen and oxygen atoms in total. The van der Waals surface area contributed by atoms with Gasteiger partial charge in [-0.3, -0.25) is 9.10 Å². The highest BCUT2D eigenvalue weighted by atomic mass is 32.2. The molecule has 1 N–H and O–H groups in total. The summed E-state index contributed by atoms with van der Waals surface area (Å²) in [5.74, 6) is 0.0112. The maximum absolute atomic E-state index is 13.5. The van der Waals surface area contributed by atoms with Crippen molar-refractivity contribution >= 4 is 21.6 Å². The Balaban J connectivity index is 1.62. The highest BCUT2D eigenvalue weighted by Gasteiger charge is 2.29. The van der Waals surface area contributed by atoms with Crippen molar-refractivity contribution in [1.82, 2.24) is 5.32 Å². The van der Waals surface area contributed by atoms with E-state index in [0.29, 0.717) is 11.6 Å². The van der Waals surface area contributed by atoms with Crippen molar-refractivity contribution in [3.05, 3.63) is 95.6 Å². The van der Waals surface area contributed by atoms with E-state index in [4.69, 9.17) is 0 Å². The van der Waals surface area contributed by atoms with Gasteiger partial charge in [-0.1, -0.05) is 68.4 Å². The molecule has 0 radical (unpaired) electrons. The minimum absolute atomic E-state index is 0.105. The van der Waals surface area contributed by atoms with E-state index in [1.165, 1.54) is 9.87 Å². The van der Waals surface area contributed by atoms with Gasteiger partial charge in [0.15, 0.2) is 0 Å². The summed E-state index contributed by atoms with van der Waals surface area (Å²) in [5.41, 5.74) is 3.95.